The predicted octanol–water partition coefficient (Wildman–Crippen LogP) is 2.81. The van der Waals surface area contributed by atoms with Crippen LogP contribution >= 0.6 is 0 Å². The Morgan fingerprint density at radius 1 is 1.25 bits per heavy atom. The maximum absolute atomic E-state index is 13.6. The smallest absolute Gasteiger partial charge is 0.165 e. The fraction of sp³-hybridized carbons (Fsp3) is 0.500. The Balaban J connectivity index is 2.93. The normalized spacial score (nSPS) is 11.2. The average Bonchev–Trinajstić information content (AvgIpc) is 2.22. The lowest BCUT2D eigenvalue weighted by atomic mass is 10.1. The summed E-state index contributed by atoms with van der Waals surface area (Å²) in [5.41, 5.74) is 0.342. The molecule has 0 spiro atoms. The Morgan fingerprint density at radius 3 is 2.38 bits per heavy atom. The largest absolute Gasteiger partial charge is 0.494 e. The van der Waals surface area contributed by atoms with Crippen molar-refractivity contribution in [1.29, 1.82) is 0 Å². The second-order valence-corrected chi connectivity index (χ2v) is 4.09. The van der Waals surface area contributed by atoms with Crippen LogP contribution in [0, 0.1) is 11.6 Å². The van der Waals surface area contributed by atoms with Gasteiger partial charge in [-0.2, -0.15) is 0 Å². The summed E-state index contributed by atoms with van der Waals surface area (Å²) in [6, 6.07) is 2.55. The summed E-state index contributed by atoms with van der Waals surface area (Å²) in [7, 11) is 3.18. The van der Waals surface area contributed by atoms with E-state index < -0.39 is 11.6 Å². The highest BCUT2D eigenvalue weighted by Gasteiger charge is 2.13. The molecular formula is C12H17F2NO. The maximum Gasteiger partial charge on any atom is 0.165 e. The minimum absolute atomic E-state index is 0.0616. The molecule has 0 aliphatic heterocycles. The first-order chi connectivity index (χ1) is 7.45. The van der Waals surface area contributed by atoms with Crippen molar-refractivity contribution in [1.82, 2.24) is 4.90 Å². The fourth-order valence-electron chi connectivity index (χ4n) is 1.30. The standard InChI is InChI=1S/C12H17F2NO/c1-8(2)15(3)7-9-5-11(14)12(16-4)6-10(9)13/h5-6,8H,7H2,1-4H3. The van der Waals surface area contributed by atoms with E-state index in [-0.39, 0.29) is 11.8 Å². The zero-order valence-electron chi connectivity index (χ0n) is 10.1. The summed E-state index contributed by atoms with van der Waals surface area (Å²) in [5, 5.41) is 0. The highest BCUT2D eigenvalue weighted by Crippen LogP contribution is 2.22. The first-order valence-electron chi connectivity index (χ1n) is 5.17. The molecule has 0 amide bonds. The minimum atomic E-state index is -0.531. The van der Waals surface area contributed by atoms with Crippen LogP contribution in [0.3, 0.4) is 0 Å². The summed E-state index contributed by atoms with van der Waals surface area (Å²) in [5.74, 6) is -1.03. The van der Waals surface area contributed by atoms with Crippen molar-refractivity contribution < 1.29 is 13.5 Å². The molecule has 0 fully saturated rings. The summed E-state index contributed by atoms with van der Waals surface area (Å²) < 4.78 is 31.6. The van der Waals surface area contributed by atoms with Gasteiger partial charge >= 0.3 is 0 Å². The lowest BCUT2D eigenvalue weighted by molar-refractivity contribution is 0.261. The molecule has 90 valence electrons. The number of halogens is 2. The van der Waals surface area contributed by atoms with E-state index in [1.54, 1.807) is 0 Å². The molecule has 4 heteroatoms. The molecule has 1 rings (SSSR count). The zero-order valence-corrected chi connectivity index (χ0v) is 10.1. The van der Waals surface area contributed by atoms with E-state index in [0.717, 1.165) is 6.07 Å². The molecule has 1 aromatic rings. The van der Waals surface area contributed by atoms with Gasteiger partial charge in [0, 0.05) is 24.2 Å². The number of rotatable bonds is 4. The molecule has 0 N–H and O–H groups in total. The number of hydrogen-bond donors (Lipinski definition) is 0. The van der Waals surface area contributed by atoms with Crippen molar-refractivity contribution in [3.8, 4) is 5.75 Å². The Morgan fingerprint density at radius 2 is 1.88 bits per heavy atom. The molecule has 0 aliphatic carbocycles. The van der Waals surface area contributed by atoms with Gasteiger partial charge in [-0.05, 0) is 27.0 Å². The Kier molecular flexibility index (Phi) is 4.24. The summed E-state index contributed by atoms with van der Waals surface area (Å²) >= 11 is 0. The molecule has 0 aliphatic rings. The quantitative estimate of drug-likeness (QED) is 0.787. The SMILES string of the molecule is COc1cc(F)c(CN(C)C(C)C)cc1F. The molecule has 0 radical (unpaired) electrons. The van der Waals surface area contributed by atoms with Gasteiger partial charge in [-0.15, -0.1) is 0 Å². The molecule has 2 nitrogen and oxygen atoms in total. The third-order valence-electron chi connectivity index (χ3n) is 2.62. The average molecular weight is 229 g/mol. The van der Waals surface area contributed by atoms with Crippen molar-refractivity contribution in [3.05, 3.63) is 29.3 Å². The van der Waals surface area contributed by atoms with Crippen LogP contribution in [0.5, 0.6) is 5.75 Å². The van der Waals surface area contributed by atoms with Crippen molar-refractivity contribution in [2.45, 2.75) is 26.4 Å². The van der Waals surface area contributed by atoms with Crippen LogP contribution in [-0.4, -0.2) is 25.1 Å². The van der Waals surface area contributed by atoms with Crippen LogP contribution < -0.4 is 4.74 Å². The molecule has 0 saturated heterocycles. The number of benzene rings is 1. The van der Waals surface area contributed by atoms with Gasteiger partial charge in [-0.3, -0.25) is 4.90 Å². The summed E-state index contributed by atoms with van der Waals surface area (Å²) in [6.45, 7) is 4.37. The molecular weight excluding hydrogens is 212 g/mol. The van der Waals surface area contributed by atoms with Gasteiger partial charge in [-0.1, -0.05) is 0 Å². The lowest BCUT2D eigenvalue weighted by Crippen LogP contribution is -2.26. The third kappa shape index (κ3) is 2.92. The van der Waals surface area contributed by atoms with Crippen LogP contribution in [0.15, 0.2) is 12.1 Å². The van der Waals surface area contributed by atoms with E-state index in [4.69, 9.17) is 4.74 Å². The third-order valence-corrected chi connectivity index (χ3v) is 2.62. The Labute approximate surface area is 94.8 Å². The van der Waals surface area contributed by atoms with Gasteiger partial charge in [0.1, 0.15) is 5.82 Å². The minimum Gasteiger partial charge on any atom is -0.494 e. The fourth-order valence-corrected chi connectivity index (χ4v) is 1.30. The molecule has 0 unspecified atom stereocenters. The molecule has 1 aromatic carbocycles. The molecule has 16 heavy (non-hydrogen) atoms. The van der Waals surface area contributed by atoms with Gasteiger partial charge in [0.15, 0.2) is 11.6 Å². The van der Waals surface area contributed by atoms with E-state index in [1.165, 1.54) is 13.2 Å². The first-order valence-corrected chi connectivity index (χ1v) is 5.17. The first kappa shape index (κ1) is 12.9. The number of ether oxygens (including phenoxy) is 1. The van der Waals surface area contributed by atoms with Gasteiger partial charge in [0.25, 0.3) is 0 Å². The van der Waals surface area contributed by atoms with E-state index in [2.05, 4.69) is 0 Å². The van der Waals surface area contributed by atoms with Crippen molar-refractivity contribution in [3.63, 3.8) is 0 Å². The summed E-state index contributed by atoms with van der Waals surface area (Å²) in [6.07, 6.45) is 0. The maximum atomic E-state index is 13.6. The van der Waals surface area contributed by atoms with E-state index >= 15 is 0 Å². The van der Waals surface area contributed by atoms with Gasteiger partial charge < -0.3 is 4.74 Å². The van der Waals surface area contributed by atoms with Crippen molar-refractivity contribution in [2.24, 2.45) is 0 Å². The van der Waals surface area contributed by atoms with Crippen LogP contribution in [0.4, 0.5) is 8.78 Å². The van der Waals surface area contributed by atoms with E-state index in [0.29, 0.717) is 12.1 Å². The van der Waals surface area contributed by atoms with Crippen LogP contribution in [0.25, 0.3) is 0 Å². The van der Waals surface area contributed by atoms with Gasteiger partial charge in [0.05, 0.1) is 7.11 Å². The molecule has 0 saturated carbocycles. The van der Waals surface area contributed by atoms with Crippen LogP contribution in [0.1, 0.15) is 19.4 Å². The number of hydrogen-bond acceptors (Lipinski definition) is 2. The Hall–Kier alpha value is -1.16. The highest BCUT2D eigenvalue weighted by molar-refractivity contribution is 5.30. The van der Waals surface area contributed by atoms with Gasteiger partial charge in [0.2, 0.25) is 0 Å². The van der Waals surface area contributed by atoms with E-state index in [9.17, 15) is 8.78 Å². The lowest BCUT2D eigenvalue weighted by Gasteiger charge is -2.21. The Bertz CT molecular complexity index is 366. The second-order valence-electron chi connectivity index (χ2n) is 4.09. The van der Waals surface area contributed by atoms with Gasteiger partial charge in [-0.25, -0.2) is 8.78 Å². The summed E-state index contributed by atoms with van der Waals surface area (Å²) in [4.78, 5) is 1.93. The molecule has 0 aromatic heterocycles. The highest BCUT2D eigenvalue weighted by atomic mass is 19.1. The molecule has 0 bridgehead atoms. The predicted molar refractivity (Wildman–Crippen MR) is 59.5 cm³/mol. The van der Waals surface area contributed by atoms with Crippen LogP contribution in [-0.2, 0) is 6.54 Å². The van der Waals surface area contributed by atoms with E-state index in [1.807, 2.05) is 25.8 Å². The molecule has 0 atom stereocenters. The number of methoxy groups -OCH3 is 1. The number of nitrogens with zero attached hydrogens (tertiary/aromatic N) is 1. The second kappa shape index (κ2) is 5.25. The zero-order chi connectivity index (χ0) is 12.3. The van der Waals surface area contributed by atoms with Crippen molar-refractivity contribution >= 4 is 0 Å². The monoisotopic (exact) mass is 229 g/mol. The van der Waals surface area contributed by atoms with Crippen molar-refractivity contribution in [2.75, 3.05) is 14.2 Å². The topological polar surface area (TPSA) is 12.5 Å². The molecule has 0 heterocycles. The van der Waals surface area contributed by atoms with Crippen LogP contribution in [0.2, 0.25) is 0 Å².